The van der Waals surface area contributed by atoms with Gasteiger partial charge < -0.3 is 15.2 Å². The average Bonchev–Trinajstić information content (AvgIpc) is 2.43. The zero-order valence-electron chi connectivity index (χ0n) is 10.6. The fraction of sp³-hybridized carbons (Fsp3) is 0.0714. The van der Waals surface area contributed by atoms with Gasteiger partial charge in [0.05, 0.1) is 17.7 Å². The van der Waals surface area contributed by atoms with Gasteiger partial charge in [-0.25, -0.2) is 0 Å². The maximum atomic E-state index is 7.56. The Morgan fingerprint density at radius 1 is 1.15 bits per heavy atom. The Hall–Kier alpha value is -1.91. The lowest BCUT2D eigenvalue weighted by Gasteiger charge is -2.13. The lowest BCUT2D eigenvalue weighted by Crippen LogP contribution is -2.12. The number of benzene rings is 2. The minimum absolute atomic E-state index is 0.110. The number of nitrogens with two attached hydrogens (primary N) is 1. The molecule has 2 aromatic rings. The minimum atomic E-state index is -0.110. The first-order valence-electron chi connectivity index (χ1n) is 5.67. The number of ether oxygens (including phenoxy) is 2. The number of nitrogen functional groups attached to an aromatic ring is 1. The number of hydrogen-bond donors (Lipinski definition) is 2. The van der Waals surface area contributed by atoms with Crippen LogP contribution in [-0.4, -0.2) is 12.9 Å². The van der Waals surface area contributed by atoms with Crippen LogP contribution in [0.25, 0.3) is 0 Å². The largest absolute Gasteiger partial charge is 0.497 e. The molecule has 4 nitrogen and oxygen atoms in total. The zero-order chi connectivity index (χ0) is 14.7. The highest BCUT2D eigenvalue weighted by Gasteiger charge is 2.12. The van der Waals surface area contributed by atoms with E-state index in [0.717, 1.165) is 0 Å². The highest BCUT2D eigenvalue weighted by molar-refractivity contribution is 6.42. The lowest BCUT2D eigenvalue weighted by atomic mass is 10.1. The summed E-state index contributed by atoms with van der Waals surface area (Å²) in [6, 6.07) is 10.0. The molecular weight excluding hydrogens is 299 g/mol. The summed E-state index contributed by atoms with van der Waals surface area (Å²) >= 11 is 12.0. The molecule has 104 valence electrons. The SMILES string of the molecule is COc1ccc(C(=N)N)c(Oc2cccc(Cl)c2Cl)c1. The molecule has 0 radical (unpaired) electrons. The van der Waals surface area contributed by atoms with Crippen LogP contribution in [0.2, 0.25) is 10.0 Å². The van der Waals surface area contributed by atoms with Crippen LogP contribution in [0.4, 0.5) is 0 Å². The number of halogens is 2. The monoisotopic (exact) mass is 310 g/mol. The molecular formula is C14H12Cl2N2O2. The first kappa shape index (κ1) is 14.5. The molecule has 3 N–H and O–H groups in total. The Kier molecular flexibility index (Phi) is 4.37. The second-order valence-corrected chi connectivity index (χ2v) is 4.71. The molecule has 2 aromatic carbocycles. The molecule has 0 bridgehead atoms. The van der Waals surface area contributed by atoms with Gasteiger partial charge in [0.1, 0.15) is 28.1 Å². The van der Waals surface area contributed by atoms with E-state index < -0.39 is 0 Å². The molecule has 0 aliphatic carbocycles. The van der Waals surface area contributed by atoms with Gasteiger partial charge in [-0.3, -0.25) is 5.41 Å². The summed E-state index contributed by atoms with van der Waals surface area (Å²) < 4.78 is 10.8. The Bertz CT molecular complexity index is 660. The van der Waals surface area contributed by atoms with Gasteiger partial charge in [0.25, 0.3) is 0 Å². The van der Waals surface area contributed by atoms with Crippen LogP contribution in [0.1, 0.15) is 5.56 Å². The topological polar surface area (TPSA) is 68.3 Å². The average molecular weight is 311 g/mol. The highest BCUT2D eigenvalue weighted by Crippen LogP contribution is 2.36. The van der Waals surface area contributed by atoms with Crippen molar-refractivity contribution in [2.75, 3.05) is 7.11 Å². The van der Waals surface area contributed by atoms with Crippen molar-refractivity contribution in [3.8, 4) is 17.2 Å². The summed E-state index contributed by atoms with van der Waals surface area (Å²) in [6.45, 7) is 0. The van der Waals surface area contributed by atoms with E-state index in [1.54, 1.807) is 43.5 Å². The van der Waals surface area contributed by atoms with Gasteiger partial charge in [0.2, 0.25) is 0 Å². The van der Waals surface area contributed by atoms with E-state index in [-0.39, 0.29) is 5.84 Å². The molecule has 0 heterocycles. The van der Waals surface area contributed by atoms with Crippen molar-refractivity contribution < 1.29 is 9.47 Å². The summed E-state index contributed by atoms with van der Waals surface area (Å²) in [4.78, 5) is 0. The van der Waals surface area contributed by atoms with Crippen LogP contribution in [0.5, 0.6) is 17.2 Å². The summed E-state index contributed by atoms with van der Waals surface area (Å²) in [7, 11) is 1.54. The molecule has 0 fully saturated rings. The van der Waals surface area contributed by atoms with Crippen LogP contribution in [0.3, 0.4) is 0 Å². The van der Waals surface area contributed by atoms with Crippen molar-refractivity contribution in [1.82, 2.24) is 0 Å². The van der Waals surface area contributed by atoms with Crippen LogP contribution < -0.4 is 15.2 Å². The van der Waals surface area contributed by atoms with Gasteiger partial charge in [-0.15, -0.1) is 0 Å². The van der Waals surface area contributed by atoms with E-state index in [1.807, 2.05) is 0 Å². The fourth-order valence-corrected chi connectivity index (χ4v) is 1.95. The van der Waals surface area contributed by atoms with Crippen molar-refractivity contribution in [3.63, 3.8) is 0 Å². The van der Waals surface area contributed by atoms with Gasteiger partial charge in [-0.2, -0.15) is 0 Å². The third kappa shape index (κ3) is 2.98. The first-order chi connectivity index (χ1) is 9.52. The van der Waals surface area contributed by atoms with Gasteiger partial charge >= 0.3 is 0 Å². The number of hydrogen-bond acceptors (Lipinski definition) is 3. The van der Waals surface area contributed by atoms with Gasteiger partial charge in [-0.1, -0.05) is 29.3 Å². The minimum Gasteiger partial charge on any atom is -0.497 e. The van der Waals surface area contributed by atoms with Crippen LogP contribution >= 0.6 is 23.2 Å². The van der Waals surface area contributed by atoms with Crippen LogP contribution in [0.15, 0.2) is 36.4 Å². The summed E-state index contributed by atoms with van der Waals surface area (Å²) in [5.74, 6) is 1.24. The Morgan fingerprint density at radius 2 is 1.90 bits per heavy atom. The molecule has 0 saturated heterocycles. The number of nitrogens with one attached hydrogen (secondary N) is 1. The normalized spacial score (nSPS) is 10.2. The van der Waals surface area contributed by atoms with Crippen molar-refractivity contribution >= 4 is 29.0 Å². The summed E-state index contributed by atoms with van der Waals surface area (Å²) in [5, 5.41) is 8.25. The molecule has 0 saturated carbocycles. The molecule has 0 aliphatic rings. The predicted octanol–water partition coefficient (Wildman–Crippen LogP) is 4.08. The molecule has 0 amide bonds. The zero-order valence-corrected chi connectivity index (χ0v) is 12.1. The van der Waals surface area contributed by atoms with Crippen molar-refractivity contribution in [2.24, 2.45) is 5.73 Å². The molecule has 20 heavy (non-hydrogen) atoms. The standard InChI is InChI=1S/C14H12Cl2N2O2/c1-19-8-5-6-9(14(17)18)12(7-8)20-11-4-2-3-10(15)13(11)16/h2-7H,1H3,(H3,17,18). The lowest BCUT2D eigenvalue weighted by molar-refractivity contribution is 0.409. The smallest absolute Gasteiger partial charge is 0.147 e. The van der Waals surface area contributed by atoms with E-state index in [9.17, 15) is 0 Å². The fourth-order valence-electron chi connectivity index (χ4n) is 1.62. The van der Waals surface area contributed by atoms with Crippen LogP contribution in [0, 0.1) is 5.41 Å². The second-order valence-electron chi connectivity index (χ2n) is 3.93. The van der Waals surface area contributed by atoms with E-state index >= 15 is 0 Å². The van der Waals surface area contributed by atoms with E-state index in [0.29, 0.717) is 32.9 Å². The maximum absolute atomic E-state index is 7.56. The summed E-state index contributed by atoms with van der Waals surface area (Å²) in [6.07, 6.45) is 0. The third-order valence-corrected chi connectivity index (χ3v) is 3.42. The molecule has 0 spiro atoms. The molecule has 2 rings (SSSR count). The maximum Gasteiger partial charge on any atom is 0.147 e. The number of amidine groups is 1. The second kappa shape index (κ2) is 6.03. The van der Waals surface area contributed by atoms with E-state index in [1.165, 1.54) is 0 Å². The molecule has 0 atom stereocenters. The molecule has 0 aromatic heterocycles. The van der Waals surface area contributed by atoms with Gasteiger partial charge in [-0.05, 0) is 24.3 Å². The van der Waals surface area contributed by atoms with Crippen molar-refractivity contribution in [3.05, 3.63) is 52.0 Å². The Labute approximate surface area is 126 Å². The number of methoxy groups -OCH3 is 1. The third-order valence-electron chi connectivity index (χ3n) is 2.62. The Morgan fingerprint density at radius 3 is 2.55 bits per heavy atom. The van der Waals surface area contributed by atoms with Gasteiger partial charge in [0.15, 0.2) is 0 Å². The molecule has 0 aliphatic heterocycles. The van der Waals surface area contributed by atoms with Crippen LogP contribution in [-0.2, 0) is 0 Å². The quantitative estimate of drug-likeness (QED) is 0.660. The molecule has 6 heteroatoms. The predicted molar refractivity (Wildman–Crippen MR) is 80.5 cm³/mol. The Balaban J connectivity index is 2.46. The van der Waals surface area contributed by atoms with Gasteiger partial charge in [0, 0.05) is 6.07 Å². The van der Waals surface area contributed by atoms with E-state index in [2.05, 4.69) is 0 Å². The highest BCUT2D eigenvalue weighted by atomic mass is 35.5. The van der Waals surface area contributed by atoms with E-state index in [4.69, 9.17) is 43.8 Å². The number of rotatable bonds is 4. The van der Waals surface area contributed by atoms with Crippen molar-refractivity contribution in [2.45, 2.75) is 0 Å². The summed E-state index contributed by atoms with van der Waals surface area (Å²) in [5.41, 5.74) is 5.98. The molecule has 0 unspecified atom stereocenters. The first-order valence-corrected chi connectivity index (χ1v) is 6.43. The van der Waals surface area contributed by atoms with Crippen molar-refractivity contribution in [1.29, 1.82) is 5.41 Å².